The molecular weight excluding hydrogens is 438 g/mol. The third-order valence-electron chi connectivity index (χ3n) is 3.43. The molecule has 0 bridgehead atoms. The molecular formula is C17H15IrN3-2. The second-order valence-corrected chi connectivity index (χ2v) is 5.11. The molecule has 1 aliphatic heterocycles. The van der Waals surface area contributed by atoms with Crippen molar-refractivity contribution >= 4 is 17.1 Å². The number of hydrogen-bond acceptors (Lipinski definition) is 3. The standard InChI is InChI=1S/C17H15N3.Ir/c1-12-7-13(2)9-15(8-12)20-11-19(3)17-14(10-18)5-4-6-16(17)20;/h4-8,11H,1-3H3;/q-2;. The smallest absolute Gasteiger partial charge is 0.101 e. The van der Waals surface area contributed by atoms with Crippen molar-refractivity contribution < 1.29 is 20.1 Å². The van der Waals surface area contributed by atoms with Crippen LogP contribution in [0.3, 0.4) is 0 Å². The summed E-state index contributed by atoms with van der Waals surface area (Å²) in [6, 6.07) is 15.6. The predicted molar refractivity (Wildman–Crippen MR) is 80.8 cm³/mol. The van der Waals surface area contributed by atoms with Gasteiger partial charge in [-0.15, -0.1) is 11.8 Å². The molecule has 3 nitrogen and oxygen atoms in total. The van der Waals surface area contributed by atoms with Crippen molar-refractivity contribution in [3.05, 3.63) is 59.8 Å². The van der Waals surface area contributed by atoms with E-state index in [9.17, 15) is 5.26 Å². The number of aryl methyl sites for hydroxylation is 2. The Kier molecular flexibility index (Phi) is 4.37. The summed E-state index contributed by atoms with van der Waals surface area (Å²) in [5.74, 6) is 0. The molecule has 0 amide bonds. The van der Waals surface area contributed by atoms with Crippen LogP contribution >= 0.6 is 0 Å². The van der Waals surface area contributed by atoms with Crippen LogP contribution in [0.5, 0.6) is 0 Å². The van der Waals surface area contributed by atoms with Gasteiger partial charge in [0.25, 0.3) is 0 Å². The monoisotopic (exact) mass is 454 g/mol. The van der Waals surface area contributed by atoms with Crippen LogP contribution in [0.15, 0.2) is 30.3 Å². The molecule has 0 aliphatic carbocycles. The fourth-order valence-corrected chi connectivity index (χ4v) is 2.67. The van der Waals surface area contributed by atoms with Gasteiger partial charge in [-0.2, -0.15) is 35.2 Å². The Labute approximate surface area is 139 Å². The van der Waals surface area contributed by atoms with Crippen LogP contribution in [0.4, 0.5) is 17.1 Å². The molecule has 0 saturated heterocycles. The van der Waals surface area contributed by atoms with Gasteiger partial charge in [-0.05, 0) is 19.2 Å². The van der Waals surface area contributed by atoms with Crippen LogP contribution in [0.2, 0.25) is 0 Å². The number of hydrogen-bond donors (Lipinski definition) is 0. The Morgan fingerprint density at radius 3 is 2.67 bits per heavy atom. The van der Waals surface area contributed by atoms with Gasteiger partial charge in [0.2, 0.25) is 0 Å². The maximum atomic E-state index is 9.25. The molecule has 0 aromatic heterocycles. The topological polar surface area (TPSA) is 30.3 Å². The zero-order chi connectivity index (χ0) is 14.3. The fraction of sp³-hybridized carbons (Fsp3) is 0.176. The Hall–Kier alpha value is -1.82. The van der Waals surface area contributed by atoms with Crippen molar-refractivity contribution in [3.8, 4) is 6.07 Å². The molecule has 0 spiro atoms. The molecule has 1 aliphatic rings. The van der Waals surface area contributed by atoms with E-state index in [-0.39, 0.29) is 20.1 Å². The first kappa shape index (κ1) is 15.6. The van der Waals surface area contributed by atoms with E-state index in [0.29, 0.717) is 5.56 Å². The SMILES string of the molecule is Cc1[c-]c(N2[CH-]N(C)c3c(C#N)cccc32)cc(C)c1.[Ir]. The number of fused-ring (bicyclic) bond motifs is 1. The quantitative estimate of drug-likeness (QED) is 0.618. The van der Waals surface area contributed by atoms with Crippen LogP contribution < -0.4 is 9.80 Å². The average Bonchev–Trinajstić information content (AvgIpc) is 2.75. The van der Waals surface area contributed by atoms with Crippen LogP contribution in [-0.4, -0.2) is 7.05 Å². The summed E-state index contributed by atoms with van der Waals surface area (Å²) < 4.78 is 0. The third-order valence-corrected chi connectivity index (χ3v) is 3.43. The molecule has 0 unspecified atom stereocenters. The molecule has 0 atom stereocenters. The van der Waals surface area contributed by atoms with Gasteiger partial charge in [-0.3, -0.25) is 0 Å². The number of nitrogens with zero attached hydrogens (tertiary/aromatic N) is 3. The molecule has 0 fully saturated rings. The number of para-hydroxylation sites is 1. The second-order valence-electron chi connectivity index (χ2n) is 5.11. The molecule has 0 saturated carbocycles. The normalized spacial score (nSPS) is 12.7. The van der Waals surface area contributed by atoms with E-state index in [1.165, 1.54) is 5.56 Å². The molecule has 2 aromatic rings. The summed E-state index contributed by atoms with van der Waals surface area (Å²) in [5, 5.41) is 9.25. The van der Waals surface area contributed by atoms with Gasteiger partial charge in [0.15, 0.2) is 0 Å². The minimum atomic E-state index is 0. The molecule has 4 heteroatoms. The van der Waals surface area contributed by atoms with Crippen LogP contribution in [-0.2, 0) is 20.1 Å². The zero-order valence-electron chi connectivity index (χ0n) is 12.1. The summed E-state index contributed by atoms with van der Waals surface area (Å²) >= 11 is 0. The predicted octanol–water partition coefficient (Wildman–Crippen LogP) is 3.68. The van der Waals surface area contributed by atoms with E-state index in [1.54, 1.807) is 0 Å². The molecule has 1 heterocycles. The second kappa shape index (κ2) is 5.89. The van der Waals surface area contributed by atoms with Crippen molar-refractivity contribution in [3.63, 3.8) is 0 Å². The van der Waals surface area contributed by atoms with Gasteiger partial charge in [-0.25, -0.2) is 0 Å². The number of rotatable bonds is 1. The van der Waals surface area contributed by atoms with Gasteiger partial charge in [0.05, 0.1) is 5.56 Å². The fourth-order valence-electron chi connectivity index (χ4n) is 2.67. The minimum absolute atomic E-state index is 0. The molecule has 21 heavy (non-hydrogen) atoms. The molecule has 3 rings (SSSR count). The Bertz CT molecular complexity index is 698. The van der Waals surface area contributed by atoms with E-state index >= 15 is 0 Å². The number of nitriles is 1. The summed E-state index contributed by atoms with van der Waals surface area (Å²) in [5.41, 5.74) is 5.98. The molecule has 0 N–H and O–H groups in total. The number of benzene rings is 2. The largest absolute Gasteiger partial charge is 0.503 e. The summed E-state index contributed by atoms with van der Waals surface area (Å²) in [4.78, 5) is 4.07. The van der Waals surface area contributed by atoms with Crippen LogP contribution in [0.1, 0.15) is 16.7 Å². The Balaban J connectivity index is 0.00000161. The maximum absolute atomic E-state index is 9.25. The van der Waals surface area contributed by atoms with Gasteiger partial charge < -0.3 is 9.80 Å². The van der Waals surface area contributed by atoms with Gasteiger partial charge in [0.1, 0.15) is 6.07 Å². The average molecular weight is 454 g/mol. The first-order chi connectivity index (χ1) is 9.60. The maximum Gasteiger partial charge on any atom is 0.101 e. The summed E-state index contributed by atoms with van der Waals surface area (Å²) in [7, 11) is 1.96. The summed E-state index contributed by atoms with van der Waals surface area (Å²) in [6.07, 6.45) is 0. The van der Waals surface area contributed by atoms with E-state index in [4.69, 9.17) is 0 Å². The van der Waals surface area contributed by atoms with Gasteiger partial charge in [-0.1, -0.05) is 19.9 Å². The third kappa shape index (κ3) is 2.67. The van der Waals surface area contributed by atoms with Crippen LogP contribution in [0, 0.1) is 37.9 Å². The van der Waals surface area contributed by atoms with Crippen molar-refractivity contribution in [2.45, 2.75) is 13.8 Å². The molecule has 109 valence electrons. The van der Waals surface area contributed by atoms with Gasteiger partial charge in [0, 0.05) is 31.5 Å². The zero-order valence-corrected chi connectivity index (χ0v) is 14.5. The van der Waals surface area contributed by atoms with Gasteiger partial charge >= 0.3 is 0 Å². The van der Waals surface area contributed by atoms with E-state index in [0.717, 1.165) is 22.6 Å². The minimum Gasteiger partial charge on any atom is -0.503 e. The summed E-state index contributed by atoms with van der Waals surface area (Å²) in [6.45, 7) is 6.12. The Morgan fingerprint density at radius 1 is 1.24 bits per heavy atom. The Morgan fingerprint density at radius 2 is 2.00 bits per heavy atom. The first-order valence-corrected chi connectivity index (χ1v) is 6.51. The van der Waals surface area contributed by atoms with E-state index in [1.807, 2.05) is 43.7 Å². The van der Waals surface area contributed by atoms with Crippen molar-refractivity contribution in [1.29, 1.82) is 5.26 Å². The molecule has 1 radical (unpaired) electrons. The van der Waals surface area contributed by atoms with E-state index < -0.39 is 0 Å². The number of anilines is 3. The molecule has 2 aromatic carbocycles. The van der Waals surface area contributed by atoms with Crippen molar-refractivity contribution in [2.75, 3.05) is 16.8 Å². The van der Waals surface area contributed by atoms with E-state index in [2.05, 4.69) is 36.1 Å². The first-order valence-electron chi connectivity index (χ1n) is 6.51. The van der Waals surface area contributed by atoms with Crippen molar-refractivity contribution in [1.82, 2.24) is 0 Å². The van der Waals surface area contributed by atoms with Crippen LogP contribution in [0.25, 0.3) is 0 Å². The van der Waals surface area contributed by atoms with Crippen molar-refractivity contribution in [2.24, 2.45) is 0 Å².